The largest absolute Gasteiger partial charge is 0.449 e. The Hall–Kier alpha value is -2.88. The molecule has 1 unspecified atom stereocenters. The van der Waals surface area contributed by atoms with Crippen molar-refractivity contribution >= 4 is 23.6 Å². The molecule has 1 N–H and O–H groups in total. The third-order valence-corrected chi connectivity index (χ3v) is 4.40. The number of esters is 1. The molecule has 1 atom stereocenters. The van der Waals surface area contributed by atoms with E-state index in [0.29, 0.717) is 0 Å². The van der Waals surface area contributed by atoms with Gasteiger partial charge in [-0.2, -0.15) is 0 Å². The van der Waals surface area contributed by atoms with Crippen molar-refractivity contribution in [3.63, 3.8) is 0 Å². The third-order valence-electron chi connectivity index (χ3n) is 4.40. The number of para-hydroxylation sites is 1. The molecule has 27 heavy (non-hydrogen) atoms. The highest BCUT2D eigenvalue weighted by Gasteiger charge is 2.19. The van der Waals surface area contributed by atoms with E-state index in [1.165, 1.54) is 6.08 Å². The van der Waals surface area contributed by atoms with E-state index in [1.54, 1.807) is 13.0 Å². The van der Waals surface area contributed by atoms with Gasteiger partial charge in [0.05, 0.1) is 0 Å². The molecule has 142 valence electrons. The Balaban J connectivity index is 1.99. The van der Waals surface area contributed by atoms with Gasteiger partial charge in [-0.15, -0.1) is 0 Å². The fraction of sp³-hybridized carbons (Fsp3) is 0.304. The lowest BCUT2D eigenvalue weighted by molar-refractivity contribution is -0.148. The first-order chi connectivity index (χ1) is 12.9. The van der Waals surface area contributed by atoms with Crippen molar-refractivity contribution in [1.29, 1.82) is 0 Å². The van der Waals surface area contributed by atoms with Gasteiger partial charge < -0.3 is 10.1 Å². The number of hydrogen-bond donors (Lipinski definition) is 1. The van der Waals surface area contributed by atoms with Gasteiger partial charge >= 0.3 is 5.97 Å². The van der Waals surface area contributed by atoms with Crippen LogP contribution in [-0.2, 0) is 27.2 Å². The SMILES string of the molecule is CCc1cccc(CC)c1NC(=O)C(C)OC(=O)/C=C/c1ccc(C)cc1. The quantitative estimate of drug-likeness (QED) is 0.571. The Labute approximate surface area is 161 Å². The Morgan fingerprint density at radius 3 is 2.19 bits per heavy atom. The van der Waals surface area contributed by atoms with Crippen molar-refractivity contribution in [2.45, 2.75) is 46.6 Å². The highest BCUT2D eigenvalue weighted by molar-refractivity contribution is 5.97. The maximum Gasteiger partial charge on any atom is 0.331 e. The van der Waals surface area contributed by atoms with E-state index in [4.69, 9.17) is 4.74 Å². The number of hydrogen-bond acceptors (Lipinski definition) is 3. The van der Waals surface area contributed by atoms with Crippen LogP contribution >= 0.6 is 0 Å². The molecule has 0 saturated heterocycles. The van der Waals surface area contributed by atoms with Gasteiger partial charge in [-0.25, -0.2) is 4.79 Å². The van der Waals surface area contributed by atoms with E-state index < -0.39 is 12.1 Å². The van der Waals surface area contributed by atoms with Gasteiger partial charge in [-0.3, -0.25) is 4.79 Å². The average molecular weight is 365 g/mol. The molecule has 0 saturated carbocycles. The standard InChI is InChI=1S/C23H27NO3/c1-5-19-8-7-9-20(6-2)22(19)24-23(26)17(4)27-21(25)15-14-18-12-10-16(3)11-13-18/h7-15,17H,5-6H2,1-4H3,(H,24,26)/b15-14+. The van der Waals surface area contributed by atoms with Crippen LogP contribution in [0.3, 0.4) is 0 Å². The van der Waals surface area contributed by atoms with Gasteiger partial charge in [0, 0.05) is 11.8 Å². The Bertz CT molecular complexity index is 800. The fourth-order valence-electron chi connectivity index (χ4n) is 2.74. The van der Waals surface area contributed by atoms with E-state index >= 15 is 0 Å². The summed E-state index contributed by atoms with van der Waals surface area (Å²) >= 11 is 0. The average Bonchev–Trinajstić information content (AvgIpc) is 2.67. The molecule has 0 heterocycles. The summed E-state index contributed by atoms with van der Waals surface area (Å²) in [5.74, 6) is -0.875. The van der Waals surface area contributed by atoms with E-state index in [2.05, 4.69) is 5.32 Å². The summed E-state index contributed by atoms with van der Waals surface area (Å²) in [6.07, 6.45) is 3.77. The molecule has 1 amide bonds. The first kappa shape index (κ1) is 20.4. The lowest BCUT2D eigenvalue weighted by Gasteiger charge is -2.17. The number of amides is 1. The van der Waals surface area contributed by atoms with Gasteiger partial charge in [-0.1, -0.05) is 61.9 Å². The summed E-state index contributed by atoms with van der Waals surface area (Å²) in [5.41, 5.74) is 5.02. The molecule has 2 rings (SSSR count). The number of ether oxygens (including phenoxy) is 1. The zero-order valence-corrected chi connectivity index (χ0v) is 16.4. The van der Waals surface area contributed by atoms with Crippen LogP contribution in [0.1, 0.15) is 43.0 Å². The van der Waals surface area contributed by atoms with Crippen molar-refractivity contribution in [3.05, 3.63) is 70.8 Å². The van der Waals surface area contributed by atoms with Crippen LogP contribution < -0.4 is 5.32 Å². The maximum absolute atomic E-state index is 12.5. The summed E-state index contributed by atoms with van der Waals surface area (Å²) < 4.78 is 5.24. The second-order valence-corrected chi connectivity index (χ2v) is 6.47. The molecular formula is C23H27NO3. The normalized spacial score (nSPS) is 12.0. The van der Waals surface area contributed by atoms with Crippen LogP contribution in [0.15, 0.2) is 48.5 Å². The van der Waals surface area contributed by atoms with Crippen LogP contribution in [0.5, 0.6) is 0 Å². The number of nitrogens with one attached hydrogen (secondary N) is 1. The molecule has 4 nitrogen and oxygen atoms in total. The van der Waals surface area contributed by atoms with Gasteiger partial charge in [0.25, 0.3) is 5.91 Å². The zero-order chi connectivity index (χ0) is 19.8. The van der Waals surface area contributed by atoms with Crippen molar-refractivity contribution in [2.24, 2.45) is 0 Å². The first-order valence-corrected chi connectivity index (χ1v) is 9.31. The molecule has 0 aliphatic heterocycles. The maximum atomic E-state index is 12.5. The summed E-state index contributed by atoms with van der Waals surface area (Å²) in [6, 6.07) is 13.8. The Morgan fingerprint density at radius 1 is 1.04 bits per heavy atom. The molecule has 0 aliphatic carbocycles. The molecule has 0 radical (unpaired) electrons. The topological polar surface area (TPSA) is 55.4 Å². The van der Waals surface area contributed by atoms with Crippen LogP contribution in [-0.4, -0.2) is 18.0 Å². The highest BCUT2D eigenvalue weighted by Crippen LogP contribution is 2.23. The molecule has 0 aromatic heterocycles. The predicted molar refractivity (Wildman–Crippen MR) is 110 cm³/mol. The van der Waals surface area contributed by atoms with Crippen molar-refractivity contribution in [3.8, 4) is 0 Å². The van der Waals surface area contributed by atoms with E-state index in [1.807, 2.05) is 63.2 Å². The number of carbonyl (C=O) groups excluding carboxylic acids is 2. The number of aryl methyl sites for hydroxylation is 3. The number of benzene rings is 2. The highest BCUT2D eigenvalue weighted by atomic mass is 16.5. The van der Waals surface area contributed by atoms with Crippen molar-refractivity contribution in [1.82, 2.24) is 0 Å². The second-order valence-electron chi connectivity index (χ2n) is 6.47. The van der Waals surface area contributed by atoms with Gasteiger partial charge in [0.15, 0.2) is 6.10 Å². The number of anilines is 1. The summed E-state index contributed by atoms with van der Waals surface area (Å²) in [6.45, 7) is 7.67. The van der Waals surface area contributed by atoms with Gasteiger partial charge in [-0.05, 0) is 49.5 Å². The molecule has 0 spiro atoms. The van der Waals surface area contributed by atoms with Crippen LogP contribution in [0.25, 0.3) is 6.08 Å². The molecule has 2 aromatic rings. The van der Waals surface area contributed by atoms with E-state index in [9.17, 15) is 9.59 Å². The summed E-state index contributed by atoms with van der Waals surface area (Å²) in [7, 11) is 0. The molecule has 2 aromatic carbocycles. The van der Waals surface area contributed by atoms with Gasteiger partial charge in [0.2, 0.25) is 0 Å². The van der Waals surface area contributed by atoms with Crippen LogP contribution in [0, 0.1) is 6.92 Å². The van der Waals surface area contributed by atoms with E-state index in [-0.39, 0.29) is 5.91 Å². The molecule has 0 fully saturated rings. The minimum atomic E-state index is -0.880. The van der Waals surface area contributed by atoms with E-state index in [0.717, 1.165) is 40.8 Å². The lowest BCUT2D eigenvalue weighted by Crippen LogP contribution is -2.30. The van der Waals surface area contributed by atoms with Crippen LogP contribution in [0.4, 0.5) is 5.69 Å². The zero-order valence-electron chi connectivity index (χ0n) is 16.4. The minimum Gasteiger partial charge on any atom is -0.449 e. The molecule has 0 bridgehead atoms. The van der Waals surface area contributed by atoms with Crippen molar-refractivity contribution < 1.29 is 14.3 Å². The summed E-state index contributed by atoms with van der Waals surface area (Å²) in [5, 5.41) is 2.93. The Kier molecular flexibility index (Phi) is 7.35. The fourth-order valence-corrected chi connectivity index (χ4v) is 2.74. The molecule has 4 heteroatoms. The third kappa shape index (κ3) is 5.81. The summed E-state index contributed by atoms with van der Waals surface area (Å²) in [4.78, 5) is 24.5. The van der Waals surface area contributed by atoms with Gasteiger partial charge in [0.1, 0.15) is 0 Å². The van der Waals surface area contributed by atoms with Crippen molar-refractivity contribution in [2.75, 3.05) is 5.32 Å². The smallest absolute Gasteiger partial charge is 0.331 e. The monoisotopic (exact) mass is 365 g/mol. The lowest BCUT2D eigenvalue weighted by atomic mass is 10.0. The second kappa shape index (κ2) is 9.72. The number of carbonyl (C=O) groups is 2. The molecule has 0 aliphatic rings. The first-order valence-electron chi connectivity index (χ1n) is 9.31. The Morgan fingerprint density at radius 2 is 1.63 bits per heavy atom. The minimum absolute atomic E-state index is 0.331. The molecular weight excluding hydrogens is 338 g/mol. The van der Waals surface area contributed by atoms with Crippen LogP contribution in [0.2, 0.25) is 0 Å². The number of rotatable bonds is 7. The predicted octanol–water partition coefficient (Wildman–Crippen LogP) is 4.70.